The minimum Gasteiger partial charge on any atom is -0.744 e. The van der Waals surface area contributed by atoms with E-state index in [1.165, 1.54) is 35.1 Å². The van der Waals surface area contributed by atoms with Gasteiger partial charge in [-0.15, -0.1) is 10.2 Å². The van der Waals surface area contributed by atoms with Crippen LogP contribution in [0, 0.1) is 32.1 Å². The Kier molecular flexibility index (Phi) is 24.7. The number of aromatic nitrogens is 5. The summed E-state index contributed by atoms with van der Waals surface area (Å²) < 4.78 is 124. The first-order valence-corrected chi connectivity index (χ1v) is 32.0. The van der Waals surface area contributed by atoms with Crippen molar-refractivity contribution in [2.75, 3.05) is 10.2 Å². The second-order valence-corrected chi connectivity index (χ2v) is 28.5. The number of nitrogens with zero attached hydrogens (tertiary/aromatic N) is 9. The van der Waals surface area contributed by atoms with E-state index >= 15 is 0 Å². The number of thiazole rings is 2. The van der Waals surface area contributed by atoms with E-state index < -0.39 is 62.3 Å². The fourth-order valence-electron chi connectivity index (χ4n) is 9.73. The number of nitriles is 1. The van der Waals surface area contributed by atoms with Crippen molar-refractivity contribution in [3.05, 3.63) is 105 Å². The quantitative estimate of drug-likeness (QED) is 0.0308. The number of aryl methyl sites for hydroxylation is 3. The summed E-state index contributed by atoms with van der Waals surface area (Å²) in [5.41, 5.74) is 3.04. The molecule has 0 aliphatic carbocycles. The van der Waals surface area contributed by atoms with Crippen LogP contribution in [0.3, 0.4) is 0 Å². The molecule has 86 heavy (non-hydrogen) atoms. The summed E-state index contributed by atoms with van der Waals surface area (Å²) in [7, 11) is -15.3. The molecule has 8 rings (SSSR count). The number of nitrogens with one attached hydrogen (secondary N) is 1. The molecule has 0 aliphatic heterocycles. The number of anilines is 5. The van der Waals surface area contributed by atoms with Gasteiger partial charge in [-0.25, -0.2) is 40.2 Å². The summed E-state index contributed by atoms with van der Waals surface area (Å²) in [5, 5.41) is 43.3. The first kappa shape index (κ1) is 74.5. The zero-order valence-electron chi connectivity index (χ0n) is 50.9. The summed E-state index contributed by atoms with van der Waals surface area (Å²) in [5.74, 6) is -2.04. The third-order valence-corrected chi connectivity index (χ3v) is 18.7. The van der Waals surface area contributed by atoms with Gasteiger partial charge in [-0.2, -0.15) is 19.4 Å². The maximum Gasteiger partial charge on any atom is 1.00 e. The van der Waals surface area contributed by atoms with Crippen LogP contribution in [-0.2, 0) is 45.1 Å². The van der Waals surface area contributed by atoms with E-state index in [1.54, 1.807) is 82.8 Å². The van der Waals surface area contributed by atoms with Crippen molar-refractivity contribution in [3.63, 3.8) is 0 Å². The molecule has 0 unspecified atom stereocenters. The van der Waals surface area contributed by atoms with Crippen LogP contribution in [0.4, 0.5) is 39.6 Å². The van der Waals surface area contributed by atoms with Gasteiger partial charge in [0.1, 0.15) is 53.5 Å². The SMILES string of the molecule is Cc1cc(N(c2nc3ccc(S(=O)(=O)[O-])cc3s2)c2c(C(C)C)cc(C)c(S(=O)(=O)[O-])c2C(C)C)nc(Nc2c(C(C)C)cc(C)c(S(=O)(=O)[O-])c2C(C)C)c1N=Nc1c(C#N)c(C(C)(C)C)nn1-c1nc2ccc(SOO[O-])cc2s1.[Li+].[Li+].[Li+].[Li+]. The largest absolute Gasteiger partial charge is 1.00 e. The number of fused-ring (bicyclic) bond motifs is 2. The summed E-state index contributed by atoms with van der Waals surface area (Å²) >= 11 is 2.84. The Balaban J connectivity index is 0.00000396. The molecule has 0 aliphatic rings. The van der Waals surface area contributed by atoms with E-state index in [1.807, 2.05) is 48.5 Å². The molecular weight excluding hydrogens is 1200 g/mol. The van der Waals surface area contributed by atoms with E-state index in [-0.39, 0.29) is 170 Å². The second-order valence-electron chi connectivity index (χ2n) is 21.7. The molecule has 32 heteroatoms. The van der Waals surface area contributed by atoms with Gasteiger partial charge in [-0.05, 0) is 126 Å². The smallest absolute Gasteiger partial charge is 0.744 e. The molecule has 0 fully saturated rings. The molecular formula is C54H56Li4N10O12S6. The molecule has 0 amide bonds. The predicted octanol–water partition coefficient (Wildman–Crippen LogP) is 0.662. The average Bonchev–Trinajstić information content (AvgIpc) is 1.25. The summed E-state index contributed by atoms with van der Waals surface area (Å²) in [4.78, 5) is 15.6. The van der Waals surface area contributed by atoms with Crippen molar-refractivity contribution >= 4 is 125 Å². The molecule has 4 aromatic carbocycles. The number of hydrogen-bond donors (Lipinski definition) is 1. The molecule has 0 radical (unpaired) electrons. The number of azo groups is 1. The zero-order valence-corrected chi connectivity index (χ0v) is 55.8. The molecule has 0 bridgehead atoms. The van der Waals surface area contributed by atoms with E-state index in [9.17, 15) is 49.4 Å². The first-order valence-electron chi connectivity index (χ1n) is 25.4. The Morgan fingerprint density at radius 2 is 1.26 bits per heavy atom. The van der Waals surface area contributed by atoms with E-state index in [0.29, 0.717) is 49.5 Å². The molecule has 434 valence electrons. The van der Waals surface area contributed by atoms with Crippen LogP contribution in [0.2, 0.25) is 0 Å². The number of benzene rings is 4. The Morgan fingerprint density at radius 3 is 1.79 bits per heavy atom. The molecule has 1 N–H and O–H groups in total. The van der Waals surface area contributed by atoms with Crippen LogP contribution < -0.4 is 90.9 Å². The van der Waals surface area contributed by atoms with Crippen LogP contribution in [0.25, 0.3) is 25.6 Å². The maximum atomic E-state index is 13.5. The van der Waals surface area contributed by atoms with Crippen molar-refractivity contribution in [2.45, 2.75) is 146 Å². The summed E-state index contributed by atoms with van der Waals surface area (Å²) in [6.07, 6.45) is 0. The van der Waals surface area contributed by atoms with Gasteiger partial charge in [0.25, 0.3) is 0 Å². The minimum absolute atomic E-state index is 0. The Morgan fingerprint density at radius 1 is 0.698 bits per heavy atom. The van der Waals surface area contributed by atoms with E-state index in [0.717, 1.165) is 17.4 Å². The molecule has 0 saturated carbocycles. The van der Waals surface area contributed by atoms with Crippen LogP contribution in [0.15, 0.2) is 84.4 Å². The van der Waals surface area contributed by atoms with Crippen molar-refractivity contribution in [1.82, 2.24) is 24.7 Å². The van der Waals surface area contributed by atoms with Gasteiger partial charge < -0.3 is 24.2 Å². The molecule has 4 aromatic heterocycles. The van der Waals surface area contributed by atoms with Crippen molar-refractivity contribution in [3.8, 4) is 11.2 Å². The van der Waals surface area contributed by atoms with E-state index in [2.05, 4.69) is 20.8 Å². The molecule has 0 spiro atoms. The molecule has 22 nitrogen and oxygen atoms in total. The molecule has 0 atom stereocenters. The van der Waals surface area contributed by atoms with Gasteiger partial charge in [0.2, 0.25) is 5.13 Å². The minimum atomic E-state index is -5.20. The van der Waals surface area contributed by atoms with Gasteiger partial charge >= 0.3 is 75.4 Å². The predicted molar refractivity (Wildman–Crippen MR) is 309 cm³/mol. The number of hydrogen-bond acceptors (Lipinski definition) is 24. The zero-order chi connectivity index (χ0) is 60.5. The number of pyridine rings is 1. The monoisotopic (exact) mass is 1260 g/mol. The fraction of sp³-hybridized carbons (Fsp3) is 0.352. The third kappa shape index (κ3) is 15.3. The molecule has 8 aromatic rings. The Labute approximate surface area is 560 Å². The van der Waals surface area contributed by atoms with Crippen LogP contribution in [-0.4, -0.2) is 63.6 Å². The Bertz CT molecular complexity index is 4310. The van der Waals surface area contributed by atoms with Crippen LogP contribution >= 0.6 is 34.7 Å². The summed E-state index contributed by atoms with van der Waals surface area (Å²) in [6, 6.07) is 15.8. The first-order chi connectivity index (χ1) is 38.2. The summed E-state index contributed by atoms with van der Waals surface area (Å²) in [6.45, 7) is 24.8. The Hall–Kier alpha value is -3.94. The van der Waals surface area contributed by atoms with Gasteiger partial charge in [-0.1, -0.05) is 111 Å². The van der Waals surface area contributed by atoms with Crippen molar-refractivity contribution < 1.29 is 129 Å². The maximum absolute atomic E-state index is 13.5. The van der Waals surface area contributed by atoms with E-state index in [4.69, 9.17) is 30.3 Å². The van der Waals surface area contributed by atoms with Gasteiger partial charge in [0.05, 0.1) is 58.5 Å². The normalized spacial score (nSPS) is 12.2. The van der Waals surface area contributed by atoms with Gasteiger partial charge in [0, 0.05) is 16.0 Å². The van der Waals surface area contributed by atoms with Crippen LogP contribution in [0.1, 0.15) is 150 Å². The molecule has 4 heterocycles. The number of rotatable bonds is 18. The van der Waals surface area contributed by atoms with Crippen LogP contribution in [0.5, 0.6) is 0 Å². The average molecular weight is 1260 g/mol. The third-order valence-electron chi connectivity index (χ3n) is 13.2. The topological polar surface area (TPSA) is 333 Å². The molecule has 0 saturated heterocycles. The fourth-order valence-corrected chi connectivity index (χ4v) is 14.9. The standard InChI is InChI=1S/C54H60N10O12S6.4Li/c1-25(2)34-19-30(10)47(81(69,70)71)42(27(5)6)45(34)59-50-44(60-61-51-36(24-55)49(54(12,13)14)62-64(51)53-57-37-17-15-32(79-76-75-65)22-39(37)78-53)29(9)21-41(58-50)63(52-56-38-18-16-33(80(66,67)68)23-40(38)77-52)46-35(26(3)4)20-31(11)48(82(72,73)74)43(46)28(7)8;;;;/h15-23,25-28,65H,1-14H3,(H,58,59)(H,66,67,68)(H,69,70,71)(H,72,73,74);;;;/q;4*+1/p-4. The van der Waals surface area contributed by atoms with Crippen molar-refractivity contribution in [1.29, 1.82) is 5.26 Å². The second kappa shape index (κ2) is 28.5. The van der Waals surface area contributed by atoms with Gasteiger partial charge in [-0.3, -0.25) is 9.94 Å². The van der Waals surface area contributed by atoms with Crippen molar-refractivity contribution in [2.24, 2.45) is 10.2 Å². The van der Waals surface area contributed by atoms with Gasteiger partial charge in [0.15, 0.2) is 16.8 Å².